The minimum atomic E-state index is -1.17. The summed E-state index contributed by atoms with van der Waals surface area (Å²) in [7, 11) is 3.69. The monoisotopic (exact) mass is 461 g/mol. The minimum Gasteiger partial charge on any atom is -0.477 e. The average Bonchev–Trinajstić information content (AvgIpc) is 3.27. The number of hydrogen-bond donors (Lipinski definition) is 3. The summed E-state index contributed by atoms with van der Waals surface area (Å²) in [6.07, 6.45) is 1.64. The number of Topliss-reactive ketones (excluding diaryl/α,β-unsaturated/α-hetero) is 1. The highest BCUT2D eigenvalue weighted by Crippen LogP contribution is 2.30. The van der Waals surface area contributed by atoms with Crippen molar-refractivity contribution < 1.29 is 19.5 Å². The predicted molar refractivity (Wildman–Crippen MR) is 128 cm³/mol. The molecule has 4 rings (SSSR count). The fraction of sp³-hybridized carbons (Fsp3) is 0.0870. The van der Waals surface area contributed by atoms with Gasteiger partial charge in [0.2, 0.25) is 5.95 Å². The number of nitrogens with one attached hydrogen (secondary N) is 2. The van der Waals surface area contributed by atoms with Crippen LogP contribution in [0.15, 0.2) is 60.1 Å². The molecule has 2 aromatic heterocycles. The first kappa shape index (κ1) is 21.9. The Hall–Kier alpha value is -4.31. The Morgan fingerprint density at radius 2 is 1.73 bits per heavy atom. The van der Waals surface area contributed by atoms with E-state index in [4.69, 9.17) is 0 Å². The Kier molecular flexibility index (Phi) is 6.01. The van der Waals surface area contributed by atoms with Gasteiger partial charge in [0.15, 0.2) is 0 Å². The number of ketones is 1. The molecular formula is C23H19N5O4S. The highest BCUT2D eigenvalue weighted by Gasteiger charge is 2.22. The summed E-state index contributed by atoms with van der Waals surface area (Å²) in [5.41, 5.74) is 1.00. The van der Waals surface area contributed by atoms with Gasteiger partial charge in [-0.2, -0.15) is 4.98 Å². The molecule has 0 atom stereocenters. The molecule has 1 amide bonds. The summed E-state index contributed by atoms with van der Waals surface area (Å²) in [6.45, 7) is 0. The van der Waals surface area contributed by atoms with Crippen molar-refractivity contribution in [2.24, 2.45) is 0 Å². The number of aromatic nitrogens is 2. The van der Waals surface area contributed by atoms with Crippen LogP contribution in [0, 0.1) is 0 Å². The Bertz CT molecular complexity index is 1380. The molecule has 33 heavy (non-hydrogen) atoms. The topological polar surface area (TPSA) is 125 Å². The van der Waals surface area contributed by atoms with E-state index in [0.717, 1.165) is 16.7 Å². The zero-order valence-corrected chi connectivity index (χ0v) is 18.5. The zero-order chi connectivity index (χ0) is 23.5. The third kappa shape index (κ3) is 4.51. The quantitative estimate of drug-likeness (QED) is 0.278. The molecule has 0 aliphatic rings. The molecule has 2 aromatic carbocycles. The van der Waals surface area contributed by atoms with Crippen molar-refractivity contribution in [3.05, 3.63) is 70.5 Å². The number of hydrogen-bond acceptors (Lipinski definition) is 8. The van der Waals surface area contributed by atoms with Crippen LogP contribution in [0.25, 0.3) is 10.8 Å². The summed E-state index contributed by atoms with van der Waals surface area (Å²) in [5, 5.41) is 17.7. The maximum Gasteiger partial charge on any atom is 0.348 e. The Labute approximate surface area is 192 Å². The predicted octanol–water partition coefficient (Wildman–Crippen LogP) is 4.02. The van der Waals surface area contributed by atoms with E-state index < -0.39 is 17.7 Å². The van der Waals surface area contributed by atoms with Gasteiger partial charge in [-0.1, -0.05) is 24.3 Å². The molecule has 3 N–H and O–H groups in total. The van der Waals surface area contributed by atoms with Crippen molar-refractivity contribution in [1.82, 2.24) is 9.97 Å². The lowest BCUT2D eigenvalue weighted by Gasteiger charge is -2.14. The van der Waals surface area contributed by atoms with Gasteiger partial charge < -0.3 is 20.6 Å². The number of nitrogens with zero attached hydrogens (tertiary/aromatic N) is 3. The van der Waals surface area contributed by atoms with Gasteiger partial charge in [-0.15, -0.1) is 11.3 Å². The first-order valence-electron chi connectivity index (χ1n) is 9.80. The molecule has 4 aromatic rings. The first-order chi connectivity index (χ1) is 15.8. The van der Waals surface area contributed by atoms with Crippen LogP contribution < -0.4 is 15.5 Å². The maximum absolute atomic E-state index is 13.0. The molecule has 0 unspecified atom stereocenters. The van der Waals surface area contributed by atoms with Crippen molar-refractivity contribution in [2.75, 3.05) is 29.6 Å². The number of carbonyl (C=O) groups excluding carboxylic acids is 2. The van der Waals surface area contributed by atoms with E-state index in [-0.39, 0.29) is 16.1 Å². The van der Waals surface area contributed by atoms with Crippen molar-refractivity contribution >= 4 is 62.9 Å². The standard InChI is InChI=1S/C23H19N5O4S/c1-28(2)23-24-11-9-18(27-23)25-16-8-7-15(13-5-3-4-6-14(13)16)19(29)21(30)26-17-10-12-33-20(17)22(31)32/h3-12H,1-2H3,(H,26,30)(H,31,32)(H,24,25,27). The summed E-state index contributed by atoms with van der Waals surface area (Å²) >= 11 is 0.968. The van der Waals surface area contributed by atoms with E-state index in [0.29, 0.717) is 22.8 Å². The number of carboxylic acid groups (broad SMARTS) is 1. The highest BCUT2D eigenvalue weighted by atomic mass is 32.1. The average molecular weight is 462 g/mol. The molecular weight excluding hydrogens is 442 g/mol. The second-order valence-corrected chi connectivity index (χ2v) is 8.14. The second kappa shape index (κ2) is 9.05. The first-order valence-corrected chi connectivity index (χ1v) is 10.7. The van der Waals surface area contributed by atoms with Crippen LogP contribution in [0.3, 0.4) is 0 Å². The number of benzene rings is 2. The third-order valence-corrected chi connectivity index (χ3v) is 5.69. The summed E-state index contributed by atoms with van der Waals surface area (Å²) in [6, 6.07) is 13.6. The van der Waals surface area contributed by atoms with Crippen molar-refractivity contribution in [3.63, 3.8) is 0 Å². The van der Waals surface area contributed by atoms with Gasteiger partial charge in [0.05, 0.1) is 5.69 Å². The zero-order valence-electron chi connectivity index (χ0n) is 17.7. The van der Waals surface area contributed by atoms with Crippen LogP contribution in [0.2, 0.25) is 0 Å². The van der Waals surface area contributed by atoms with Crippen LogP contribution in [-0.2, 0) is 4.79 Å². The van der Waals surface area contributed by atoms with Crippen LogP contribution >= 0.6 is 11.3 Å². The van der Waals surface area contributed by atoms with E-state index >= 15 is 0 Å². The number of thiophene rings is 1. The molecule has 0 saturated heterocycles. The number of fused-ring (bicyclic) bond motifs is 1. The van der Waals surface area contributed by atoms with Crippen LogP contribution in [0.5, 0.6) is 0 Å². The molecule has 0 saturated carbocycles. The van der Waals surface area contributed by atoms with Gasteiger partial charge in [0, 0.05) is 36.9 Å². The van der Waals surface area contributed by atoms with E-state index in [9.17, 15) is 19.5 Å². The number of aromatic carboxylic acids is 1. The number of amides is 1. The Balaban J connectivity index is 1.65. The largest absolute Gasteiger partial charge is 0.477 e. The molecule has 0 spiro atoms. The number of anilines is 4. The van der Waals surface area contributed by atoms with Crippen molar-refractivity contribution in [3.8, 4) is 0 Å². The van der Waals surface area contributed by atoms with Gasteiger partial charge in [0.25, 0.3) is 11.7 Å². The lowest BCUT2D eigenvalue weighted by atomic mass is 9.99. The van der Waals surface area contributed by atoms with Crippen molar-refractivity contribution in [1.29, 1.82) is 0 Å². The molecule has 0 bridgehead atoms. The minimum absolute atomic E-state index is 0.0394. The Morgan fingerprint density at radius 3 is 2.45 bits per heavy atom. The van der Waals surface area contributed by atoms with Crippen LogP contribution in [0.1, 0.15) is 20.0 Å². The van der Waals surface area contributed by atoms with Crippen LogP contribution in [-0.4, -0.2) is 46.8 Å². The van der Waals surface area contributed by atoms with Gasteiger partial charge in [-0.3, -0.25) is 9.59 Å². The summed E-state index contributed by atoms with van der Waals surface area (Å²) in [5.74, 6) is -1.72. The molecule has 0 aliphatic carbocycles. The van der Waals surface area contributed by atoms with Gasteiger partial charge >= 0.3 is 5.97 Å². The molecule has 0 radical (unpaired) electrons. The van der Waals surface area contributed by atoms with Crippen molar-refractivity contribution in [2.45, 2.75) is 0 Å². The smallest absolute Gasteiger partial charge is 0.348 e. The maximum atomic E-state index is 13.0. The highest BCUT2D eigenvalue weighted by molar-refractivity contribution is 7.12. The lowest BCUT2D eigenvalue weighted by molar-refractivity contribution is -0.112. The van der Waals surface area contributed by atoms with E-state index in [2.05, 4.69) is 20.6 Å². The van der Waals surface area contributed by atoms with Gasteiger partial charge in [-0.05, 0) is 35.0 Å². The number of carboxylic acids is 1. The molecule has 9 nitrogen and oxygen atoms in total. The number of rotatable bonds is 7. The van der Waals surface area contributed by atoms with E-state index in [1.807, 2.05) is 26.2 Å². The van der Waals surface area contributed by atoms with Gasteiger partial charge in [-0.25, -0.2) is 9.78 Å². The SMILES string of the molecule is CN(C)c1nccc(Nc2ccc(C(=O)C(=O)Nc3ccsc3C(=O)O)c3ccccc23)n1. The fourth-order valence-electron chi connectivity index (χ4n) is 3.25. The molecule has 2 heterocycles. The summed E-state index contributed by atoms with van der Waals surface area (Å²) < 4.78 is 0. The normalized spacial score (nSPS) is 10.6. The van der Waals surface area contributed by atoms with E-state index in [1.54, 1.807) is 41.4 Å². The second-order valence-electron chi connectivity index (χ2n) is 7.22. The molecule has 0 fully saturated rings. The fourth-order valence-corrected chi connectivity index (χ4v) is 3.94. The third-order valence-electron chi connectivity index (χ3n) is 4.79. The van der Waals surface area contributed by atoms with Crippen LogP contribution in [0.4, 0.5) is 23.1 Å². The number of carbonyl (C=O) groups is 3. The molecule has 166 valence electrons. The van der Waals surface area contributed by atoms with E-state index in [1.165, 1.54) is 11.4 Å². The Morgan fingerprint density at radius 1 is 0.970 bits per heavy atom. The molecule has 10 heteroatoms. The summed E-state index contributed by atoms with van der Waals surface area (Å²) in [4.78, 5) is 47.2. The lowest BCUT2D eigenvalue weighted by Crippen LogP contribution is -2.23. The van der Waals surface area contributed by atoms with Gasteiger partial charge in [0.1, 0.15) is 10.7 Å². The molecule has 0 aliphatic heterocycles.